The third-order valence-electron chi connectivity index (χ3n) is 6.92. The summed E-state index contributed by atoms with van der Waals surface area (Å²) in [6, 6.07) is 23.6. The Kier molecular flexibility index (Phi) is 8.77. The van der Waals surface area contributed by atoms with Gasteiger partial charge in [0, 0.05) is 18.0 Å². The van der Waals surface area contributed by atoms with Crippen LogP contribution in [0.15, 0.2) is 72.8 Å². The molecule has 0 aromatic heterocycles. The van der Waals surface area contributed by atoms with Gasteiger partial charge in [0.2, 0.25) is 5.91 Å². The smallest absolute Gasteiger partial charge is 0.261 e. The van der Waals surface area contributed by atoms with Crippen molar-refractivity contribution in [2.24, 2.45) is 0 Å². The largest absolute Gasteiger partial charge is 0.483 e. The summed E-state index contributed by atoms with van der Waals surface area (Å²) in [6.45, 7) is 2.34. The molecule has 1 aliphatic carbocycles. The Morgan fingerprint density at radius 1 is 0.943 bits per heavy atom. The fourth-order valence-electron chi connectivity index (χ4n) is 4.98. The molecule has 0 unspecified atom stereocenters. The Morgan fingerprint density at radius 3 is 2.43 bits per heavy atom. The number of rotatable bonds is 10. The zero-order chi connectivity index (χ0) is 24.5. The van der Waals surface area contributed by atoms with Gasteiger partial charge in [0.15, 0.2) is 6.61 Å². The highest BCUT2D eigenvalue weighted by molar-refractivity contribution is 5.90. The number of hydrogen-bond acceptors (Lipinski definition) is 3. The highest BCUT2D eigenvalue weighted by Crippen LogP contribution is 2.25. The summed E-state index contributed by atoms with van der Waals surface area (Å²) in [5, 5.41) is 5.27. The second-order valence-corrected chi connectivity index (χ2v) is 9.36. The molecule has 0 aliphatic heterocycles. The van der Waals surface area contributed by atoms with Crippen molar-refractivity contribution in [3.63, 3.8) is 0 Å². The minimum absolute atomic E-state index is 0.0500. The van der Waals surface area contributed by atoms with Crippen molar-refractivity contribution in [1.29, 1.82) is 0 Å². The van der Waals surface area contributed by atoms with E-state index in [4.69, 9.17) is 4.74 Å². The Labute approximate surface area is 208 Å². The molecule has 1 saturated carbocycles. The maximum Gasteiger partial charge on any atom is 0.261 e. The minimum Gasteiger partial charge on any atom is -0.483 e. The first-order valence-corrected chi connectivity index (χ1v) is 12.9. The van der Waals surface area contributed by atoms with Crippen molar-refractivity contribution in [2.45, 2.75) is 64.0 Å². The highest BCUT2D eigenvalue weighted by Gasteiger charge is 2.30. The van der Waals surface area contributed by atoms with E-state index in [0.29, 0.717) is 25.1 Å². The lowest BCUT2D eigenvalue weighted by molar-refractivity contribution is -0.142. The van der Waals surface area contributed by atoms with Crippen LogP contribution < -0.4 is 10.1 Å². The number of amides is 2. The summed E-state index contributed by atoms with van der Waals surface area (Å²) in [7, 11) is 0. The maximum atomic E-state index is 13.5. The van der Waals surface area contributed by atoms with E-state index in [2.05, 4.69) is 17.4 Å². The zero-order valence-electron chi connectivity index (χ0n) is 20.6. The van der Waals surface area contributed by atoms with E-state index in [-0.39, 0.29) is 24.5 Å². The molecule has 0 spiro atoms. The van der Waals surface area contributed by atoms with Crippen LogP contribution in [0.3, 0.4) is 0 Å². The highest BCUT2D eigenvalue weighted by atomic mass is 16.5. The molecule has 2 amide bonds. The molecular formula is C30H36N2O3. The molecular weight excluding hydrogens is 436 g/mol. The van der Waals surface area contributed by atoms with Gasteiger partial charge in [0.1, 0.15) is 11.8 Å². The van der Waals surface area contributed by atoms with Crippen LogP contribution in [0.25, 0.3) is 10.8 Å². The Hall–Kier alpha value is -3.34. The fourth-order valence-corrected chi connectivity index (χ4v) is 4.98. The standard InChI is InChI=1S/C30H36N2O3/c1-2-27(30(34)31-25-16-7-4-8-17-25)32(21-20-23-12-5-3-6-13-23)29(33)22-35-28-19-11-15-24-14-9-10-18-26(24)28/h3,5-6,9-15,18-19,25,27H,2,4,7-8,16-17,20-22H2,1H3,(H,31,34)/t27-/m0/s1. The van der Waals surface area contributed by atoms with Crippen molar-refractivity contribution in [3.8, 4) is 5.75 Å². The van der Waals surface area contributed by atoms with E-state index in [1.807, 2.05) is 67.6 Å². The average molecular weight is 473 g/mol. The predicted molar refractivity (Wildman–Crippen MR) is 140 cm³/mol. The first kappa shape index (κ1) is 24.8. The summed E-state index contributed by atoms with van der Waals surface area (Å²) in [5.74, 6) is 0.463. The van der Waals surface area contributed by atoms with E-state index in [0.717, 1.165) is 42.0 Å². The molecule has 0 bridgehead atoms. The zero-order valence-corrected chi connectivity index (χ0v) is 20.6. The topological polar surface area (TPSA) is 58.6 Å². The van der Waals surface area contributed by atoms with Crippen LogP contribution in [0.1, 0.15) is 51.0 Å². The summed E-state index contributed by atoms with van der Waals surface area (Å²) >= 11 is 0. The van der Waals surface area contributed by atoms with E-state index >= 15 is 0 Å². The van der Waals surface area contributed by atoms with Gasteiger partial charge in [-0.1, -0.05) is 92.9 Å². The van der Waals surface area contributed by atoms with E-state index < -0.39 is 6.04 Å². The van der Waals surface area contributed by atoms with Gasteiger partial charge >= 0.3 is 0 Å². The first-order valence-electron chi connectivity index (χ1n) is 12.9. The molecule has 0 saturated heterocycles. The number of ether oxygens (including phenoxy) is 1. The quantitative estimate of drug-likeness (QED) is 0.423. The molecule has 0 heterocycles. The average Bonchev–Trinajstić information content (AvgIpc) is 2.90. The summed E-state index contributed by atoms with van der Waals surface area (Å²) < 4.78 is 6.02. The SMILES string of the molecule is CC[C@@H](C(=O)NC1CCCCC1)N(CCc1ccccc1)C(=O)COc1cccc2ccccc12. The number of nitrogens with zero attached hydrogens (tertiary/aromatic N) is 1. The number of nitrogens with one attached hydrogen (secondary N) is 1. The minimum atomic E-state index is -0.510. The number of fused-ring (bicyclic) bond motifs is 1. The molecule has 1 aliphatic rings. The number of carbonyl (C=O) groups is 2. The van der Waals surface area contributed by atoms with Crippen molar-refractivity contribution >= 4 is 22.6 Å². The molecule has 1 N–H and O–H groups in total. The number of hydrogen-bond donors (Lipinski definition) is 1. The molecule has 184 valence electrons. The Balaban J connectivity index is 1.48. The second-order valence-electron chi connectivity index (χ2n) is 9.36. The van der Waals surface area contributed by atoms with Crippen LogP contribution in [-0.4, -0.2) is 41.9 Å². The van der Waals surface area contributed by atoms with Gasteiger partial charge in [-0.2, -0.15) is 0 Å². The number of carbonyl (C=O) groups excluding carboxylic acids is 2. The third kappa shape index (κ3) is 6.62. The van der Waals surface area contributed by atoms with Gasteiger partial charge in [0.05, 0.1) is 0 Å². The molecule has 3 aromatic rings. The van der Waals surface area contributed by atoms with Crippen LogP contribution >= 0.6 is 0 Å². The van der Waals surface area contributed by atoms with Crippen LogP contribution in [0.5, 0.6) is 5.75 Å². The lowest BCUT2D eigenvalue weighted by atomic mass is 9.95. The van der Waals surface area contributed by atoms with E-state index in [1.165, 1.54) is 6.42 Å². The van der Waals surface area contributed by atoms with E-state index in [1.54, 1.807) is 4.90 Å². The van der Waals surface area contributed by atoms with Crippen molar-refractivity contribution < 1.29 is 14.3 Å². The molecule has 5 heteroatoms. The Bertz CT molecular complexity index is 1100. The van der Waals surface area contributed by atoms with Gasteiger partial charge in [-0.05, 0) is 42.7 Å². The van der Waals surface area contributed by atoms with Crippen LogP contribution in [0, 0.1) is 0 Å². The predicted octanol–water partition coefficient (Wildman–Crippen LogP) is 5.52. The summed E-state index contributed by atoms with van der Waals surface area (Å²) in [4.78, 5) is 28.5. The van der Waals surface area contributed by atoms with Crippen molar-refractivity contribution in [2.75, 3.05) is 13.2 Å². The van der Waals surface area contributed by atoms with Gasteiger partial charge < -0.3 is 15.0 Å². The molecule has 0 radical (unpaired) electrons. The van der Waals surface area contributed by atoms with Gasteiger partial charge in [-0.3, -0.25) is 9.59 Å². The summed E-state index contributed by atoms with van der Waals surface area (Å²) in [5.41, 5.74) is 1.14. The van der Waals surface area contributed by atoms with Gasteiger partial charge in [-0.25, -0.2) is 0 Å². The van der Waals surface area contributed by atoms with Crippen LogP contribution in [0.2, 0.25) is 0 Å². The first-order chi connectivity index (χ1) is 17.2. The van der Waals surface area contributed by atoms with Crippen LogP contribution in [-0.2, 0) is 16.0 Å². The van der Waals surface area contributed by atoms with Crippen molar-refractivity contribution in [1.82, 2.24) is 10.2 Å². The Morgan fingerprint density at radius 2 is 1.66 bits per heavy atom. The van der Waals surface area contributed by atoms with Gasteiger partial charge in [0.25, 0.3) is 5.91 Å². The summed E-state index contributed by atoms with van der Waals surface area (Å²) in [6.07, 6.45) is 6.82. The molecule has 4 rings (SSSR count). The maximum absolute atomic E-state index is 13.5. The molecule has 35 heavy (non-hydrogen) atoms. The molecule has 1 atom stereocenters. The number of benzene rings is 3. The molecule has 3 aromatic carbocycles. The normalized spacial score (nSPS) is 14.9. The van der Waals surface area contributed by atoms with Gasteiger partial charge in [-0.15, -0.1) is 0 Å². The van der Waals surface area contributed by atoms with E-state index in [9.17, 15) is 9.59 Å². The van der Waals surface area contributed by atoms with Crippen LogP contribution in [0.4, 0.5) is 0 Å². The van der Waals surface area contributed by atoms with Crippen molar-refractivity contribution in [3.05, 3.63) is 78.4 Å². The monoisotopic (exact) mass is 472 g/mol. The third-order valence-corrected chi connectivity index (χ3v) is 6.92. The lowest BCUT2D eigenvalue weighted by Crippen LogP contribution is -2.53. The molecule has 5 nitrogen and oxygen atoms in total. The fraction of sp³-hybridized carbons (Fsp3) is 0.400. The second kappa shape index (κ2) is 12.4. The molecule has 1 fully saturated rings. The lowest BCUT2D eigenvalue weighted by Gasteiger charge is -2.32.